The molecule has 2 aromatic carbocycles. The molecule has 2 atom stereocenters. The van der Waals surface area contributed by atoms with Crippen molar-refractivity contribution in [2.24, 2.45) is 11.7 Å². The van der Waals surface area contributed by atoms with E-state index in [4.69, 9.17) is 5.73 Å². The van der Waals surface area contributed by atoms with Gasteiger partial charge in [-0.1, -0.05) is 36.4 Å². The summed E-state index contributed by atoms with van der Waals surface area (Å²) in [6.07, 6.45) is 0.334. The van der Waals surface area contributed by atoms with Crippen molar-refractivity contribution in [1.29, 1.82) is 0 Å². The second kappa shape index (κ2) is 10.3. The second-order valence-corrected chi connectivity index (χ2v) is 7.33. The average molecular weight is 419 g/mol. The fourth-order valence-corrected chi connectivity index (χ4v) is 3.79. The zero-order chi connectivity index (χ0) is 20.1. The maximum absolute atomic E-state index is 12.4. The second-order valence-electron chi connectivity index (χ2n) is 7.33. The Hall–Kier alpha value is -2.48. The number of nitro groups is 1. The van der Waals surface area contributed by atoms with Gasteiger partial charge in [0.05, 0.1) is 10.6 Å². The van der Waals surface area contributed by atoms with Crippen LogP contribution in [-0.4, -0.2) is 41.9 Å². The molecule has 0 aliphatic carbocycles. The van der Waals surface area contributed by atoms with Crippen LogP contribution in [0, 0.1) is 23.0 Å². The van der Waals surface area contributed by atoms with Gasteiger partial charge in [-0.3, -0.25) is 14.9 Å². The smallest absolute Gasteiger partial charge is 0.271 e. The molecule has 1 fully saturated rings. The normalized spacial score (nSPS) is 18.8. The van der Waals surface area contributed by atoms with Crippen LogP contribution in [-0.2, 0) is 4.79 Å². The Bertz CT molecular complexity index is 847. The van der Waals surface area contributed by atoms with Gasteiger partial charge in [-0.05, 0) is 30.5 Å². The first kappa shape index (κ1) is 22.8. The summed E-state index contributed by atoms with van der Waals surface area (Å²) in [5, 5.41) is 13.7. The summed E-state index contributed by atoms with van der Waals surface area (Å²) >= 11 is 0. The van der Waals surface area contributed by atoms with E-state index in [0.29, 0.717) is 37.0 Å². The highest BCUT2D eigenvalue weighted by molar-refractivity contribution is 5.92. The van der Waals surface area contributed by atoms with E-state index in [0.717, 1.165) is 18.7 Å². The topological polar surface area (TPSA) is 102 Å². The Balaban J connectivity index is 0.00000300. The van der Waals surface area contributed by atoms with Crippen LogP contribution in [0.5, 0.6) is 0 Å². The van der Waals surface area contributed by atoms with E-state index in [1.54, 1.807) is 6.07 Å². The number of non-ortho nitro benzene ring substituents is 1. The highest BCUT2D eigenvalue weighted by Crippen LogP contribution is 2.32. The van der Waals surface area contributed by atoms with Gasteiger partial charge in [0.2, 0.25) is 5.91 Å². The summed E-state index contributed by atoms with van der Waals surface area (Å²) < 4.78 is 0. The van der Waals surface area contributed by atoms with Crippen molar-refractivity contribution in [1.82, 2.24) is 4.90 Å². The van der Waals surface area contributed by atoms with Crippen LogP contribution in [0.1, 0.15) is 23.5 Å². The molecule has 3 N–H and O–H groups in total. The number of carbonyl (C=O) groups excluding carboxylic acids is 1. The molecule has 0 unspecified atom stereocenters. The molecule has 1 saturated heterocycles. The van der Waals surface area contributed by atoms with Gasteiger partial charge >= 0.3 is 0 Å². The standard InChI is InChI=1S/C21H26N4O3.ClH/c1-15-7-8-18(25(27)28)11-20(15)23-21(26)9-10-24-13-17(12-22)19(14-24)16-5-3-2-4-6-16;/h2-8,11,17,19H,9-10,12-14,22H2,1H3,(H,23,26);1H/t17-,19+;/m1./s1. The maximum Gasteiger partial charge on any atom is 0.271 e. The third-order valence-corrected chi connectivity index (χ3v) is 5.41. The number of nitrogens with zero attached hydrogens (tertiary/aromatic N) is 2. The first-order valence-electron chi connectivity index (χ1n) is 9.50. The third kappa shape index (κ3) is 5.76. The van der Waals surface area contributed by atoms with Gasteiger partial charge in [-0.25, -0.2) is 0 Å². The van der Waals surface area contributed by atoms with Crippen LogP contribution in [0.15, 0.2) is 48.5 Å². The van der Waals surface area contributed by atoms with Crippen LogP contribution < -0.4 is 11.1 Å². The molecule has 1 aliphatic rings. The van der Waals surface area contributed by atoms with Crippen LogP contribution in [0.4, 0.5) is 11.4 Å². The maximum atomic E-state index is 12.4. The van der Waals surface area contributed by atoms with E-state index in [9.17, 15) is 14.9 Å². The first-order valence-corrected chi connectivity index (χ1v) is 9.50. The number of hydrogen-bond acceptors (Lipinski definition) is 5. The number of aryl methyl sites for hydroxylation is 1. The van der Waals surface area contributed by atoms with E-state index < -0.39 is 4.92 Å². The van der Waals surface area contributed by atoms with Crippen molar-refractivity contribution in [3.63, 3.8) is 0 Å². The Morgan fingerprint density at radius 2 is 1.97 bits per heavy atom. The van der Waals surface area contributed by atoms with Crippen molar-refractivity contribution >= 4 is 29.7 Å². The molecule has 156 valence electrons. The number of anilines is 1. The fourth-order valence-electron chi connectivity index (χ4n) is 3.79. The summed E-state index contributed by atoms with van der Waals surface area (Å²) in [5.74, 6) is 0.619. The molecule has 7 nitrogen and oxygen atoms in total. The van der Waals surface area contributed by atoms with Crippen molar-refractivity contribution in [2.45, 2.75) is 19.3 Å². The first-order chi connectivity index (χ1) is 13.5. The summed E-state index contributed by atoms with van der Waals surface area (Å²) in [7, 11) is 0. The molecule has 29 heavy (non-hydrogen) atoms. The molecule has 8 heteroatoms. The van der Waals surface area contributed by atoms with Crippen LogP contribution >= 0.6 is 12.4 Å². The lowest BCUT2D eigenvalue weighted by Crippen LogP contribution is -2.27. The number of nitrogens with one attached hydrogen (secondary N) is 1. The molecule has 3 rings (SSSR count). The quantitative estimate of drug-likeness (QED) is 0.530. The van der Waals surface area contributed by atoms with Crippen molar-refractivity contribution in [3.05, 3.63) is 69.8 Å². The van der Waals surface area contributed by atoms with Gasteiger partial charge in [-0.15, -0.1) is 12.4 Å². The van der Waals surface area contributed by atoms with Gasteiger partial charge < -0.3 is 16.0 Å². The van der Waals surface area contributed by atoms with E-state index in [1.165, 1.54) is 17.7 Å². The Kier molecular flexibility index (Phi) is 8.13. The number of benzene rings is 2. The van der Waals surface area contributed by atoms with Gasteiger partial charge in [0.25, 0.3) is 5.69 Å². The summed E-state index contributed by atoms with van der Waals surface area (Å²) in [4.78, 5) is 25.1. The minimum absolute atomic E-state index is 0. The Morgan fingerprint density at radius 1 is 1.24 bits per heavy atom. The number of nitro benzene ring substituents is 1. The third-order valence-electron chi connectivity index (χ3n) is 5.41. The van der Waals surface area contributed by atoms with Gasteiger partial charge in [-0.2, -0.15) is 0 Å². The van der Waals surface area contributed by atoms with E-state index in [-0.39, 0.29) is 24.0 Å². The molecule has 0 aromatic heterocycles. The number of halogens is 1. The molecule has 1 amide bonds. The Labute approximate surface area is 176 Å². The van der Waals surface area contributed by atoms with Gasteiger partial charge in [0.15, 0.2) is 0 Å². The van der Waals surface area contributed by atoms with Gasteiger partial charge in [0.1, 0.15) is 0 Å². The molecule has 1 heterocycles. The number of nitrogens with two attached hydrogens (primary N) is 1. The average Bonchev–Trinajstić information content (AvgIpc) is 3.12. The lowest BCUT2D eigenvalue weighted by atomic mass is 9.89. The predicted octanol–water partition coefficient (Wildman–Crippen LogP) is 3.33. The van der Waals surface area contributed by atoms with Crippen molar-refractivity contribution in [3.8, 4) is 0 Å². The lowest BCUT2D eigenvalue weighted by molar-refractivity contribution is -0.384. The largest absolute Gasteiger partial charge is 0.330 e. The number of rotatable bonds is 7. The predicted molar refractivity (Wildman–Crippen MR) is 116 cm³/mol. The number of carbonyl (C=O) groups is 1. The molecule has 0 spiro atoms. The molecule has 0 saturated carbocycles. The zero-order valence-corrected chi connectivity index (χ0v) is 17.2. The van der Waals surface area contributed by atoms with E-state index in [1.807, 2.05) is 25.1 Å². The summed E-state index contributed by atoms with van der Waals surface area (Å²) in [6, 6.07) is 14.8. The number of hydrogen-bond donors (Lipinski definition) is 2. The van der Waals surface area contributed by atoms with Crippen molar-refractivity contribution in [2.75, 3.05) is 31.5 Å². The van der Waals surface area contributed by atoms with E-state index >= 15 is 0 Å². The highest BCUT2D eigenvalue weighted by Gasteiger charge is 2.32. The lowest BCUT2D eigenvalue weighted by Gasteiger charge is -2.17. The van der Waals surface area contributed by atoms with Crippen LogP contribution in [0.2, 0.25) is 0 Å². The Morgan fingerprint density at radius 3 is 2.62 bits per heavy atom. The van der Waals surface area contributed by atoms with Crippen molar-refractivity contribution < 1.29 is 9.72 Å². The molecule has 0 radical (unpaired) electrons. The molecule has 2 aromatic rings. The zero-order valence-electron chi connectivity index (χ0n) is 16.4. The summed E-state index contributed by atoms with van der Waals surface area (Å²) in [6.45, 7) is 4.83. The highest BCUT2D eigenvalue weighted by atomic mass is 35.5. The van der Waals surface area contributed by atoms with Crippen LogP contribution in [0.25, 0.3) is 0 Å². The molecular formula is C21H27ClN4O3. The van der Waals surface area contributed by atoms with Gasteiger partial charge in [0, 0.05) is 44.1 Å². The number of amides is 1. The number of likely N-dealkylation sites (tertiary alicyclic amines) is 1. The summed E-state index contributed by atoms with van der Waals surface area (Å²) in [5.41, 5.74) is 8.52. The molecule has 0 bridgehead atoms. The molecule has 1 aliphatic heterocycles. The minimum atomic E-state index is -0.462. The monoisotopic (exact) mass is 418 g/mol. The fraction of sp³-hybridized carbons (Fsp3) is 0.381. The van der Waals surface area contributed by atoms with Crippen LogP contribution in [0.3, 0.4) is 0 Å². The minimum Gasteiger partial charge on any atom is -0.330 e. The van der Waals surface area contributed by atoms with E-state index in [2.05, 4.69) is 22.3 Å². The SMILES string of the molecule is Cc1ccc([N+](=O)[O-])cc1NC(=O)CCN1C[C@@H](CN)[C@H](c2ccccc2)C1.Cl. The molecular weight excluding hydrogens is 392 g/mol.